The lowest BCUT2D eigenvalue weighted by atomic mass is 10.0. The number of halogens is 2. The van der Waals surface area contributed by atoms with Crippen LogP contribution < -0.4 is 10.5 Å². The molecule has 1 heterocycles. The van der Waals surface area contributed by atoms with E-state index in [4.69, 9.17) is 5.73 Å². The van der Waals surface area contributed by atoms with Crippen molar-refractivity contribution in [3.63, 3.8) is 0 Å². The average molecular weight is 352 g/mol. The maximum atomic E-state index is 13.4. The highest BCUT2D eigenvalue weighted by molar-refractivity contribution is 7.92. The number of nitrogens with two attached hydrogens (primary N) is 1. The topological polar surface area (TPSA) is 92.5 Å². The van der Waals surface area contributed by atoms with Gasteiger partial charge in [-0.15, -0.1) is 12.4 Å². The summed E-state index contributed by atoms with van der Waals surface area (Å²) in [6, 6.07) is 3.28. The molecule has 1 aromatic carbocycles. The summed E-state index contributed by atoms with van der Waals surface area (Å²) in [6.07, 6.45) is 2.58. The maximum absolute atomic E-state index is 13.4. The first-order chi connectivity index (χ1) is 9.76. The Morgan fingerprint density at radius 1 is 1.45 bits per heavy atom. The first kappa shape index (κ1) is 18.7. The van der Waals surface area contributed by atoms with Gasteiger partial charge >= 0.3 is 0 Å². The van der Waals surface area contributed by atoms with Gasteiger partial charge in [0.05, 0.1) is 17.5 Å². The van der Waals surface area contributed by atoms with Crippen molar-refractivity contribution in [3.8, 4) is 0 Å². The number of hydrogen-bond acceptors (Lipinski definition) is 4. The van der Waals surface area contributed by atoms with Crippen LogP contribution in [-0.2, 0) is 10.0 Å². The van der Waals surface area contributed by atoms with Crippen LogP contribution in [0.2, 0.25) is 0 Å². The number of sulfonamides is 1. The van der Waals surface area contributed by atoms with Crippen LogP contribution in [-0.4, -0.2) is 44.6 Å². The second kappa shape index (κ2) is 7.26. The molecular formula is C13H19ClFN3O3S. The molecule has 2 rings (SSSR count). The zero-order valence-electron chi connectivity index (χ0n) is 12.1. The Balaban J connectivity index is 0.00000242. The lowest BCUT2D eigenvalue weighted by Crippen LogP contribution is -2.45. The summed E-state index contributed by atoms with van der Waals surface area (Å²) in [7, 11) is -3.56. The third-order valence-electron chi connectivity index (χ3n) is 3.25. The number of rotatable bonds is 3. The standard InChI is InChI=1S/C13H18FN3O3S.ClH/c1-21(19,20)16-12-5-4-9(14)7-11(12)13(18)17-6-2-3-10(15)8-17;/h4-5,7,10,16H,2-3,6,8,15H2,1H3;1H. The van der Waals surface area contributed by atoms with Gasteiger partial charge in [-0.05, 0) is 31.0 Å². The summed E-state index contributed by atoms with van der Waals surface area (Å²) < 4.78 is 38.3. The van der Waals surface area contributed by atoms with E-state index >= 15 is 0 Å². The van der Waals surface area contributed by atoms with E-state index in [1.165, 1.54) is 11.0 Å². The summed E-state index contributed by atoms with van der Waals surface area (Å²) in [5, 5.41) is 0. The highest BCUT2D eigenvalue weighted by atomic mass is 35.5. The number of likely N-dealkylation sites (tertiary alicyclic amines) is 1. The Morgan fingerprint density at radius 3 is 2.73 bits per heavy atom. The Bertz CT molecular complexity index is 654. The van der Waals surface area contributed by atoms with Gasteiger partial charge in [0.25, 0.3) is 5.91 Å². The van der Waals surface area contributed by atoms with Crippen molar-refractivity contribution < 1.29 is 17.6 Å². The van der Waals surface area contributed by atoms with E-state index in [9.17, 15) is 17.6 Å². The van der Waals surface area contributed by atoms with Crippen molar-refractivity contribution in [2.45, 2.75) is 18.9 Å². The first-order valence-electron chi connectivity index (χ1n) is 6.58. The van der Waals surface area contributed by atoms with Crippen LogP contribution in [0.3, 0.4) is 0 Å². The number of carbonyl (C=O) groups is 1. The number of nitrogens with one attached hydrogen (secondary N) is 1. The Kier molecular flexibility index (Phi) is 6.16. The van der Waals surface area contributed by atoms with E-state index in [1.807, 2.05) is 0 Å². The zero-order valence-corrected chi connectivity index (χ0v) is 13.7. The molecule has 1 fully saturated rings. The molecule has 1 atom stereocenters. The average Bonchev–Trinajstić information content (AvgIpc) is 2.38. The maximum Gasteiger partial charge on any atom is 0.256 e. The van der Waals surface area contributed by atoms with Gasteiger partial charge in [-0.1, -0.05) is 0 Å². The van der Waals surface area contributed by atoms with Crippen LogP contribution in [0.5, 0.6) is 0 Å². The normalized spacial score (nSPS) is 18.5. The van der Waals surface area contributed by atoms with Gasteiger partial charge in [-0.25, -0.2) is 12.8 Å². The third-order valence-corrected chi connectivity index (χ3v) is 3.84. The van der Waals surface area contributed by atoms with Crippen molar-refractivity contribution >= 4 is 34.0 Å². The van der Waals surface area contributed by atoms with Crippen LogP contribution in [0.15, 0.2) is 18.2 Å². The van der Waals surface area contributed by atoms with Crippen LogP contribution in [0.4, 0.5) is 10.1 Å². The molecule has 0 aliphatic carbocycles. The largest absolute Gasteiger partial charge is 0.337 e. The molecular weight excluding hydrogens is 333 g/mol. The summed E-state index contributed by atoms with van der Waals surface area (Å²) in [4.78, 5) is 14.0. The first-order valence-corrected chi connectivity index (χ1v) is 8.47. The number of hydrogen-bond donors (Lipinski definition) is 2. The Labute approximate surface area is 135 Å². The van der Waals surface area contributed by atoms with Gasteiger partial charge in [-0.2, -0.15) is 0 Å². The van der Waals surface area contributed by atoms with Crippen molar-refractivity contribution in [3.05, 3.63) is 29.6 Å². The van der Waals surface area contributed by atoms with Crippen LogP contribution in [0.1, 0.15) is 23.2 Å². The van der Waals surface area contributed by atoms with Crippen LogP contribution >= 0.6 is 12.4 Å². The minimum atomic E-state index is -3.56. The van der Waals surface area contributed by atoms with Gasteiger partial charge in [0.2, 0.25) is 10.0 Å². The molecule has 1 saturated heterocycles. The summed E-state index contributed by atoms with van der Waals surface area (Å²) in [6.45, 7) is 0.912. The van der Waals surface area contributed by atoms with Crippen molar-refractivity contribution in [2.75, 3.05) is 24.1 Å². The predicted octanol–water partition coefficient (Wildman–Crippen LogP) is 1.18. The fourth-order valence-corrected chi connectivity index (χ4v) is 2.92. The van der Waals surface area contributed by atoms with Crippen LogP contribution in [0, 0.1) is 5.82 Å². The van der Waals surface area contributed by atoms with E-state index in [0.29, 0.717) is 13.1 Å². The van der Waals surface area contributed by atoms with Crippen molar-refractivity contribution in [2.24, 2.45) is 5.73 Å². The molecule has 0 radical (unpaired) electrons. The second-order valence-corrected chi connectivity index (χ2v) is 6.97. The Hall–Kier alpha value is -1.38. The molecule has 0 aromatic heterocycles. The quantitative estimate of drug-likeness (QED) is 0.855. The molecule has 9 heteroatoms. The monoisotopic (exact) mass is 351 g/mol. The lowest BCUT2D eigenvalue weighted by Gasteiger charge is -2.31. The number of carbonyl (C=O) groups excluding carboxylic acids is 1. The fraction of sp³-hybridized carbons (Fsp3) is 0.462. The SMILES string of the molecule is CS(=O)(=O)Nc1ccc(F)cc1C(=O)N1CCCC(N)C1.Cl. The molecule has 22 heavy (non-hydrogen) atoms. The fourth-order valence-electron chi connectivity index (χ4n) is 2.35. The van der Waals surface area contributed by atoms with E-state index in [1.54, 1.807) is 0 Å². The summed E-state index contributed by atoms with van der Waals surface area (Å²) in [5.74, 6) is -1.02. The molecule has 6 nitrogen and oxygen atoms in total. The molecule has 3 N–H and O–H groups in total. The number of anilines is 1. The smallest absolute Gasteiger partial charge is 0.256 e. The van der Waals surface area contributed by atoms with Gasteiger partial charge in [-0.3, -0.25) is 9.52 Å². The number of nitrogens with zero attached hydrogens (tertiary/aromatic N) is 1. The number of piperidine rings is 1. The minimum Gasteiger partial charge on any atom is -0.337 e. The number of benzene rings is 1. The molecule has 0 bridgehead atoms. The predicted molar refractivity (Wildman–Crippen MR) is 85.2 cm³/mol. The summed E-state index contributed by atoms with van der Waals surface area (Å²) in [5.41, 5.74) is 5.90. The molecule has 1 unspecified atom stereocenters. The van der Waals surface area contributed by atoms with E-state index in [0.717, 1.165) is 31.2 Å². The van der Waals surface area contributed by atoms with Crippen LogP contribution in [0.25, 0.3) is 0 Å². The molecule has 1 aliphatic heterocycles. The molecule has 1 aromatic rings. The van der Waals surface area contributed by atoms with Crippen molar-refractivity contribution in [1.82, 2.24) is 4.90 Å². The third kappa shape index (κ3) is 4.82. The highest BCUT2D eigenvalue weighted by Gasteiger charge is 2.25. The Morgan fingerprint density at radius 2 is 2.14 bits per heavy atom. The van der Waals surface area contributed by atoms with Gasteiger partial charge in [0.1, 0.15) is 5.82 Å². The zero-order chi connectivity index (χ0) is 15.6. The highest BCUT2D eigenvalue weighted by Crippen LogP contribution is 2.22. The molecule has 0 saturated carbocycles. The second-order valence-electron chi connectivity index (χ2n) is 5.22. The number of amides is 1. The van der Waals surface area contributed by atoms with E-state index in [2.05, 4.69) is 4.72 Å². The molecule has 124 valence electrons. The molecule has 0 spiro atoms. The van der Waals surface area contributed by atoms with Gasteiger partial charge in [0, 0.05) is 19.1 Å². The molecule has 1 aliphatic rings. The summed E-state index contributed by atoms with van der Waals surface area (Å²) >= 11 is 0. The van der Waals surface area contributed by atoms with Crippen molar-refractivity contribution in [1.29, 1.82) is 0 Å². The molecule has 1 amide bonds. The van der Waals surface area contributed by atoms with E-state index < -0.39 is 21.7 Å². The lowest BCUT2D eigenvalue weighted by molar-refractivity contribution is 0.0709. The minimum absolute atomic E-state index is 0. The van der Waals surface area contributed by atoms with Gasteiger partial charge < -0.3 is 10.6 Å². The van der Waals surface area contributed by atoms with E-state index in [-0.39, 0.29) is 29.7 Å². The van der Waals surface area contributed by atoms with Gasteiger partial charge in [0.15, 0.2) is 0 Å².